The third kappa shape index (κ3) is 4.94. The SMILES string of the molecule is CCCN1C(=O)c2c(C(=O)NCc3ccccn3)ncn2C[C@]1(C)C(=O)NCc1ccc(C)cc1. The van der Waals surface area contributed by atoms with Crippen molar-refractivity contribution in [3.05, 3.63) is 83.2 Å². The number of imidazole rings is 1. The Morgan fingerprint density at radius 2 is 1.83 bits per heavy atom. The highest BCUT2D eigenvalue weighted by Gasteiger charge is 2.48. The number of aromatic nitrogens is 3. The summed E-state index contributed by atoms with van der Waals surface area (Å²) in [6.45, 7) is 6.88. The van der Waals surface area contributed by atoms with Gasteiger partial charge in [0.1, 0.15) is 11.2 Å². The highest BCUT2D eigenvalue weighted by Crippen LogP contribution is 2.29. The molecule has 9 nitrogen and oxygen atoms in total. The van der Waals surface area contributed by atoms with Crippen LogP contribution in [0.2, 0.25) is 0 Å². The molecule has 0 bridgehead atoms. The van der Waals surface area contributed by atoms with Gasteiger partial charge in [-0.25, -0.2) is 4.98 Å². The van der Waals surface area contributed by atoms with Crippen LogP contribution in [0.5, 0.6) is 0 Å². The van der Waals surface area contributed by atoms with Crippen molar-refractivity contribution in [1.82, 2.24) is 30.1 Å². The van der Waals surface area contributed by atoms with Crippen LogP contribution in [0.1, 0.15) is 58.1 Å². The molecule has 1 aliphatic heterocycles. The Kier molecular flexibility index (Phi) is 6.95. The van der Waals surface area contributed by atoms with E-state index in [1.807, 2.05) is 44.2 Å². The number of pyridine rings is 1. The molecular formula is C26H30N6O3. The van der Waals surface area contributed by atoms with Gasteiger partial charge in [-0.3, -0.25) is 19.4 Å². The number of carbonyl (C=O) groups is 3. The van der Waals surface area contributed by atoms with Crippen LogP contribution in [0, 0.1) is 6.92 Å². The summed E-state index contributed by atoms with van der Waals surface area (Å²) < 4.78 is 1.61. The maximum absolute atomic E-state index is 13.6. The molecule has 0 saturated heterocycles. The van der Waals surface area contributed by atoms with Gasteiger partial charge >= 0.3 is 0 Å². The van der Waals surface area contributed by atoms with Gasteiger partial charge in [-0.2, -0.15) is 0 Å². The summed E-state index contributed by atoms with van der Waals surface area (Å²) >= 11 is 0. The van der Waals surface area contributed by atoms with Crippen LogP contribution in [0.15, 0.2) is 55.0 Å². The van der Waals surface area contributed by atoms with E-state index in [1.165, 1.54) is 6.33 Å². The van der Waals surface area contributed by atoms with Gasteiger partial charge in [-0.1, -0.05) is 42.8 Å². The number of amides is 3. The summed E-state index contributed by atoms with van der Waals surface area (Å²) in [5.74, 6) is -1.09. The summed E-state index contributed by atoms with van der Waals surface area (Å²) in [6, 6.07) is 13.4. The quantitative estimate of drug-likeness (QED) is 0.521. The molecule has 3 aromatic rings. The molecule has 1 aliphatic rings. The maximum Gasteiger partial charge on any atom is 0.273 e. The minimum Gasteiger partial charge on any atom is -0.350 e. The molecule has 0 fully saturated rings. The Morgan fingerprint density at radius 3 is 2.51 bits per heavy atom. The standard InChI is InChI=1S/C26H30N6O3/c1-4-13-32-24(34)22-21(23(33)28-15-20-7-5-6-12-27-20)30-17-31(22)16-26(32,3)25(35)29-14-19-10-8-18(2)9-11-19/h5-12,17H,4,13-16H2,1-3H3,(H,28,33)(H,29,35)/t26-/m1/s1. The second-order valence-electron chi connectivity index (χ2n) is 8.97. The fourth-order valence-electron chi connectivity index (χ4n) is 4.26. The third-order valence-corrected chi connectivity index (χ3v) is 6.24. The van der Waals surface area contributed by atoms with Gasteiger partial charge in [-0.05, 0) is 38.0 Å². The van der Waals surface area contributed by atoms with Crippen molar-refractivity contribution >= 4 is 17.7 Å². The number of benzene rings is 1. The summed E-state index contributed by atoms with van der Waals surface area (Å²) in [5, 5.41) is 5.76. The van der Waals surface area contributed by atoms with Crippen molar-refractivity contribution in [2.75, 3.05) is 6.54 Å². The summed E-state index contributed by atoms with van der Waals surface area (Å²) in [7, 11) is 0. The Bertz CT molecular complexity index is 1220. The average Bonchev–Trinajstić information content (AvgIpc) is 3.29. The lowest BCUT2D eigenvalue weighted by Crippen LogP contribution is -2.64. The molecule has 2 N–H and O–H groups in total. The number of hydrogen-bond acceptors (Lipinski definition) is 5. The van der Waals surface area contributed by atoms with Gasteiger partial charge in [0.2, 0.25) is 5.91 Å². The molecule has 0 saturated carbocycles. The van der Waals surface area contributed by atoms with Crippen LogP contribution >= 0.6 is 0 Å². The van der Waals surface area contributed by atoms with Crippen LogP contribution < -0.4 is 10.6 Å². The lowest BCUT2D eigenvalue weighted by Gasteiger charge is -2.43. The van der Waals surface area contributed by atoms with Crippen LogP contribution in [-0.2, 0) is 24.4 Å². The van der Waals surface area contributed by atoms with Crippen LogP contribution in [0.3, 0.4) is 0 Å². The molecule has 4 rings (SSSR count). The molecule has 0 radical (unpaired) electrons. The van der Waals surface area contributed by atoms with Crippen molar-refractivity contribution < 1.29 is 14.4 Å². The number of hydrogen-bond donors (Lipinski definition) is 2. The molecule has 1 atom stereocenters. The fourth-order valence-corrected chi connectivity index (χ4v) is 4.26. The number of aryl methyl sites for hydroxylation is 1. The first kappa shape index (κ1) is 24.1. The number of nitrogens with zero attached hydrogens (tertiary/aromatic N) is 4. The lowest BCUT2D eigenvalue weighted by molar-refractivity contribution is -0.133. The number of rotatable bonds is 8. The van der Waals surface area contributed by atoms with Gasteiger partial charge in [0.15, 0.2) is 5.69 Å². The van der Waals surface area contributed by atoms with Crippen molar-refractivity contribution in [2.45, 2.75) is 52.4 Å². The van der Waals surface area contributed by atoms with Crippen LogP contribution in [0.4, 0.5) is 0 Å². The zero-order chi connectivity index (χ0) is 25.0. The van der Waals surface area contributed by atoms with E-state index in [9.17, 15) is 14.4 Å². The smallest absolute Gasteiger partial charge is 0.273 e. The monoisotopic (exact) mass is 474 g/mol. The minimum atomic E-state index is -1.12. The van der Waals surface area contributed by atoms with Crippen molar-refractivity contribution in [1.29, 1.82) is 0 Å². The Hall–Kier alpha value is -4.01. The molecule has 3 amide bonds. The van der Waals surface area contributed by atoms with E-state index in [4.69, 9.17) is 0 Å². The number of carbonyl (C=O) groups excluding carboxylic acids is 3. The Balaban J connectivity index is 1.54. The zero-order valence-electron chi connectivity index (χ0n) is 20.2. The molecule has 0 spiro atoms. The normalized spacial score (nSPS) is 17.1. The first-order valence-electron chi connectivity index (χ1n) is 11.7. The number of nitrogens with one attached hydrogen (secondary N) is 2. The van der Waals surface area contributed by atoms with E-state index in [0.29, 0.717) is 25.2 Å². The zero-order valence-corrected chi connectivity index (χ0v) is 20.2. The van der Waals surface area contributed by atoms with E-state index in [2.05, 4.69) is 20.6 Å². The maximum atomic E-state index is 13.6. The Labute approximate surface area is 204 Å². The summed E-state index contributed by atoms with van der Waals surface area (Å²) in [5.41, 5.74) is 1.95. The van der Waals surface area contributed by atoms with Crippen LogP contribution in [-0.4, -0.2) is 49.2 Å². The topological polar surface area (TPSA) is 109 Å². The molecule has 2 aromatic heterocycles. The van der Waals surface area contributed by atoms with E-state index in [0.717, 1.165) is 11.1 Å². The van der Waals surface area contributed by atoms with Crippen molar-refractivity contribution in [2.24, 2.45) is 0 Å². The van der Waals surface area contributed by atoms with Crippen LogP contribution in [0.25, 0.3) is 0 Å². The first-order chi connectivity index (χ1) is 16.8. The third-order valence-electron chi connectivity index (χ3n) is 6.24. The van der Waals surface area contributed by atoms with Gasteiger partial charge in [0.25, 0.3) is 11.8 Å². The molecule has 182 valence electrons. The van der Waals surface area contributed by atoms with E-state index in [-0.39, 0.29) is 36.3 Å². The molecule has 35 heavy (non-hydrogen) atoms. The van der Waals surface area contributed by atoms with Gasteiger partial charge in [-0.15, -0.1) is 0 Å². The fraction of sp³-hybridized carbons (Fsp3) is 0.346. The molecule has 0 aliphatic carbocycles. The molecule has 3 heterocycles. The molecule has 9 heteroatoms. The first-order valence-corrected chi connectivity index (χ1v) is 11.7. The van der Waals surface area contributed by atoms with E-state index >= 15 is 0 Å². The summed E-state index contributed by atoms with van der Waals surface area (Å²) in [4.78, 5) is 49.8. The minimum absolute atomic E-state index is 0.0501. The highest BCUT2D eigenvalue weighted by atomic mass is 16.2. The molecule has 0 unspecified atom stereocenters. The second kappa shape index (κ2) is 10.1. The highest BCUT2D eigenvalue weighted by molar-refractivity contribution is 6.07. The second-order valence-corrected chi connectivity index (χ2v) is 8.97. The van der Waals surface area contributed by atoms with E-state index < -0.39 is 11.4 Å². The van der Waals surface area contributed by atoms with Crippen molar-refractivity contribution in [3.8, 4) is 0 Å². The van der Waals surface area contributed by atoms with Gasteiger partial charge in [0, 0.05) is 19.3 Å². The van der Waals surface area contributed by atoms with Gasteiger partial charge < -0.3 is 20.1 Å². The molecule has 1 aromatic carbocycles. The predicted octanol–water partition coefficient (Wildman–Crippen LogP) is 2.46. The predicted molar refractivity (Wildman–Crippen MR) is 130 cm³/mol. The van der Waals surface area contributed by atoms with Gasteiger partial charge in [0.05, 0.1) is 25.1 Å². The average molecular weight is 475 g/mol. The lowest BCUT2D eigenvalue weighted by atomic mass is 9.93. The van der Waals surface area contributed by atoms with Crippen molar-refractivity contribution in [3.63, 3.8) is 0 Å². The van der Waals surface area contributed by atoms with E-state index in [1.54, 1.807) is 34.7 Å². The Morgan fingerprint density at radius 1 is 1.06 bits per heavy atom. The number of fused-ring (bicyclic) bond motifs is 1. The largest absolute Gasteiger partial charge is 0.350 e. The summed E-state index contributed by atoms with van der Waals surface area (Å²) in [6.07, 6.45) is 3.77. The molecular weight excluding hydrogens is 444 g/mol.